The van der Waals surface area contributed by atoms with Crippen LogP contribution in [-0.2, 0) is 6.54 Å². The molecule has 0 atom stereocenters. The smallest absolute Gasteiger partial charge is 0.335 e. The Bertz CT molecular complexity index is 1270. The molecule has 0 bridgehead atoms. The van der Waals surface area contributed by atoms with E-state index in [-0.39, 0.29) is 23.8 Å². The Kier molecular flexibility index (Phi) is 6.40. The van der Waals surface area contributed by atoms with Crippen LogP contribution >= 0.6 is 0 Å². The number of rotatable bonds is 7. The molecule has 0 spiro atoms. The molecule has 0 saturated heterocycles. The molecule has 33 heavy (non-hydrogen) atoms. The highest BCUT2D eigenvalue weighted by Gasteiger charge is 2.15. The SMILES string of the molecule is O=C(O)c1ccc(CNC(=O)c2cc(-c3ccncc3)ccc2Oc2ccc(F)cc2)cc1. The number of pyridine rings is 1. The molecule has 4 aromatic rings. The summed E-state index contributed by atoms with van der Waals surface area (Å²) in [5, 5.41) is 11.9. The van der Waals surface area contributed by atoms with Gasteiger partial charge in [-0.15, -0.1) is 0 Å². The molecule has 2 N–H and O–H groups in total. The van der Waals surface area contributed by atoms with Crippen molar-refractivity contribution in [3.05, 3.63) is 114 Å². The number of aromatic nitrogens is 1. The van der Waals surface area contributed by atoms with E-state index in [4.69, 9.17) is 9.84 Å². The van der Waals surface area contributed by atoms with Crippen molar-refractivity contribution in [3.8, 4) is 22.6 Å². The fourth-order valence-electron chi connectivity index (χ4n) is 3.19. The standard InChI is InChI=1S/C26H19FN2O4/c27-21-6-8-22(9-7-21)33-24-10-5-20(18-11-13-28-14-12-18)15-23(24)25(30)29-16-17-1-3-19(4-2-17)26(31)32/h1-15H,16H2,(H,29,30)(H,31,32). The maximum Gasteiger partial charge on any atom is 0.335 e. The van der Waals surface area contributed by atoms with Crippen LogP contribution in [0.3, 0.4) is 0 Å². The monoisotopic (exact) mass is 442 g/mol. The highest BCUT2D eigenvalue weighted by atomic mass is 19.1. The van der Waals surface area contributed by atoms with Gasteiger partial charge in [-0.25, -0.2) is 9.18 Å². The lowest BCUT2D eigenvalue weighted by Crippen LogP contribution is -2.23. The van der Waals surface area contributed by atoms with E-state index in [9.17, 15) is 14.0 Å². The molecule has 3 aromatic carbocycles. The Balaban J connectivity index is 1.60. The lowest BCUT2D eigenvalue weighted by molar-refractivity contribution is 0.0696. The maximum absolute atomic E-state index is 13.2. The number of nitrogens with one attached hydrogen (secondary N) is 1. The highest BCUT2D eigenvalue weighted by molar-refractivity contribution is 5.98. The van der Waals surface area contributed by atoms with Crippen molar-refractivity contribution in [1.82, 2.24) is 10.3 Å². The number of carboxylic acid groups (broad SMARTS) is 1. The second kappa shape index (κ2) is 9.74. The summed E-state index contributed by atoms with van der Waals surface area (Å²) in [6.45, 7) is 0.203. The van der Waals surface area contributed by atoms with E-state index in [1.54, 1.807) is 36.7 Å². The van der Waals surface area contributed by atoms with Gasteiger partial charge in [-0.05, 0) is 77.4 Å². The molecule has 0 aliphatic rings. The van der Waals surface area contributed by atoms with Gasteiger partial charge in [0.15, 0.2) is 0 Å². The summed E-state index contributed by atoms with van der Waals surface area (Å²) in [5.41, 5.74) is 2.91. The first kappa shape index (κ1) is 21.7. The van der Waals surface area contributed by atoms with E-state index in [0.717, 1.165) is 16.7 Å². The maximum atomic E-state index is 13.2. The number of benzene rings is 3. The zero-order valence-electron chi connectivity index (χ0n) is 17.4. The van der Waals surface area contributed by atoms with Crippen molar-refractivity contribution in [2.75, 3.05) is 0 Å². The molecule has 0 unspecified atom stereocenters. The third-order valence-corrected chi connectivity index (χ3v) is 4.93. The predicted molar refractivity (Wildman–Crippen MR) is 121 cm³/mol. The normalized spacial score (nSPS) is 10.5. The molecular weight excluding hydrogens is 423 g/mol. The average Bonchev–Trinajstić information content (AvgIpc) is 2.85. The molecule has 1 heterocycles. The Morgan fingerprint density at radius 2 is 1.58 bits per heavy atom. The average molecular weight is 442 g/mol. The second-order valence-electron chi connectivity index (χ2n) is 7.19. The van der Waals surface area contributed by atoms with Crippen LogP contribution in [0.1, 0.15) is 26.3 Å². The third kappa shape index (κ3) is 5.40. The fourth-order valence-corrected chi connectivity index (χ4v) is 3.19. The Labute approximate surface area is 189 Å². The van der Waals surface area contributed by atoms with Gasteiger partial charge in [-0.1, -0.05) is 18.2 Å². The molecule has 0 fully saturated rings. The molecule has 1 aromatic heterocycles. The molecule has 0 aliphatic carbocycles. The molecule has 6 nitrogen and oxygen atoms in total. The summed E-state index contributed by atoms with van der Waals surface area (Å²) in [5.74, 6) is -1.06. The van der Waals surface area contributed by atoms with Gasteiger partial charge in [-0.2, -0.15) is 0 Å². The number of halogens is 1. The minimum Gasteiger partial charge on any atom is -0.478 e. The van der Waals surface area contributed by atoms with Gasteiger partial charge in [0.25, 0.3) is 5.91 Å². The molecular formula is C26H19FN2O4. The van der Waals surface area contributed by atoms with Crippen molar-refractivity contribution in [2.45, 2.75) is 6.54 Å². The summed E-state index contributed by atoms with van der Waals surface area (Å²) >= 11 is 0. The number of nitrogens with zero attached hydrogens (tertiary/aromatic N) is 1. The Hall–Kier alpha value is -4.52. The number of ether oxygens (including phenoxy) is 1. The first-order valence-electron chi connectivity index (χ1n) is 10.1. The van der Waals surface area contributed by atoms with Crippen LogP contribution in [0.5, 0.6) is 11.5 Å². The van der Waals surface area contributed by atoms with Crippen LogP contribution < -0.4 is 10.1 Å². The van der Waals surface area contributed by atoms with Crippen LogP contribution in [0.2, 0.25) is 0 Å². The van der Waals surface area contributed by atoms with Crippen LogP contribution in [0.4, 0.5) is 4.39 Å². The molecule has 0 saturated carbocycles. The number of hydrogen-bond acceptors (Lipinski definition) is 4. The number of hydrogen-bond donors (Lipinski definition) is 2. The van der Waals surface area contributed by atoms with Crippen molar-refractivity contribution >= 4 is 11.9 Å². The van der Waals surface area contributed by atoms with Gasteiger partial charge in [0.1, 0.15) is 17.3 Å². The minimum absolute atomic E-state index is 0.171. The number of carboxylic acids is 1. The summed E-state index contributed by atoms with van der Waals surface area (Å²) in [7, 11) is 0. The fraction of sp³-hybridized carbons (Fsp3) is 0.0385. The zero-order chi connectivity index (χ0) is 23.2. The van der Waals surface area contributed by atoms with E-state index in [1.807, 2.05) is 18.2 Å². The van der Waals surface area contributed by atoms with Gasteiger partial charge in [-0.3, -0.25) is 9.78 Å². The summed E-state index contributed by atoms with van der Waals surface area (Å²) in [6, 6.07) is 20.7. The van der Waals surface area contributed by atoms with Crippen molar-refractivity contribution in [2.24, 2.45) is 0 Å². The molecule has 7 heteroatoms. The predicted octanol–water partition coefficient (Wildman–Crippen LogP) is 5.31. The van der Waals surface area contributed by atoms with Crippen molar-refractivity contribution < 1.29 is 23.8 Å². The van der Waals surface area contributed by atoms with E-state index in [1.165, 1.54) is 36.4 Å². The van der Waals surface area contributed by atoms with E-state index >= 15 is 0 Å². The quantitative estimate of drug-likeness (QED) is 0.405. The summed E-state index contributed by atoms with van der Waals surface area (Å²) in [6.07, 6.45) is 3.33. The molecule has 164 valence electrons. The first-order chi connectivity index (χ1) is 16.0. The number of aromatic carboxylic acids is 1. The van der Waals surface area contributed by atoms with Crippen molar-refractivity contribution in [3.63, 3.8) is 0 Å². The number of carbonyl (C=O) groups is 2. The van der Waals surface area contributed by atoms with Crippen LogP contribution in [0.25, 0.3) is 11.1 Å². The highest BCUT2D eigenvalue weighted by Crippen LogP contribution is 2.30. The Morgan fingerprint density at radius 1 is 0.879 bits per heavy atom. The van der Waals surface area contributed by atoms with Crippen molar-refractivity contribution in [1.29, 1.82) is 0 Å². The molecule has 1 amide bonds. The van der Waals surface area contributed by atoms with E-state index in [2.05, 4.69) is 10.3 Å². The van der Waals surface area contributed by atoms with E-state index < -0.39 is 5.97 Å². The van der Waals surface area contributed by atoms with E-state index in [0.29, 0.717) is 17.1 Å². The molecule has 0 aliphatic heterocycles. The Morgan fingerprint density at radius 3 is 2.24 bits per heavy atom. The zero-order valence-corrected chi connectivity index (χ0v) is 17.4. The van der Waals surface area contributed by atoms with Gasteiger partial charge in [0.05, 0.1) is 11.1 Å². The number of carbonyl (C=O) groups excluding carboxylic acids is 1. The van der Waals surface area contributed by atoms with Gasteiger partial charge >= 0.3 is 5.97 Å². The lowest BCUT2D eigenvalue weighted by Gasteiger charge is -2.14. The van der Waals surface area contributed by atoms with Crippen LogP contribution in [0, 0.1) is 5.82 Å². The second-order valence-corrected chi connectivity index (χ2v) is 7.19. The summed E-state index contributed by atoms with van der Waals surface area (Å²) in [4.78, 5) is 28.1. The van der Waals surface area contributed by atoms with Gasteiger partial charge < -0.3 is 15.2 Å². The first-order valence-corrected chi connectivity index (χ1v) is 10.1. The van der Waals surface area contributed by atoms with Crippen LogP contribution in [-0.4, -0.2) is 22.0 Å². The molecule has 4 rings (SSSR count). The third-order valence-electron chi connectivity index (χ3n) is 4.93. The lowest BCUT2D eigenvalue weighted by atomic mass is 10.0. The largest absolute Gasteiger partial charge is 0.478 e. The minimum atomic E-state index is -1.01. The van der Waals surface area contributed by atoms with Gasteiger partial charge in [0.2, 0.25) is 0 Å². The van der Waals surface area contributed by atoms with Crippen LogP contribution in [0.15, 0.2) is 91.3 Å². The number of amides is 1. The topological polar surface area (TPSA) is 88.5 Å². The van der Waals surface area contributed by atoms with Gasteiger partial charge in [0, 0.05) is 18.9 Å². The molecule has 0 radical (unpaired) electrons. The summed E-state index contributed by atoms with van der Waals surface area (Å²) < 4.78 is 19.1.